The van der Waals surface area contributed by atoms with E-state index in [1.54, 1.807) is 30.3 Å². The minimum absolute atomic E-state index is 0.201. The smallest absolute Gasteiger partial charge is 0.281 e. The van der Waals surface area contributed by atoms with Gasteiger partial charge in [0.15, 0.2) is 5.03 Å². The summed E-state index contributed by atoms with van der Waals surface area (Å²) in [5, 5.41) is -0.222. The van der Waals surface area contributed by atoms with E-state index in [1.165, 1.54) is 37.6 Å². The van der Waals surface area contributed by atoms with Crippen LogP contribution in [-0.2, 0) is 14.8 Å². The SMILES string of the molecule is NC(=O)[C@@H]1[C@H](C2CCCCC2)CCN1c1ccc(C(=O)NS(=O)(=O)c2ccccn2)cc1. The van der Waals surface area contributed by atoms with Crippen LogP contribution in [0.4, 0.5) is 5.69 Å². The third-order valence-electron chi connectivity index (χ3n) is 6.59. The first kappa shape index (κ1) is 22.3. The zero-order valence-electron chi connectivity index (χ0n) is 17.8. The molecule has 1 aromatic heterocycles. The number of aromatic nitrogens is 1. The van der Waals surface area contributed by atoms with Gasteiger partial charge in [0.2, 0.25) is 5.91 Å². The summed E-state index contributed by atoms with van der Waals surface area (Å²) in [7, 11) is -4.06. The molecule has 9 heteroatoms. The molecule has 0 radical (unpaired) electrons. The Hall–Kier alpha value is -2.94. The lowest BCUT2D eigenvalue weighted by Crippen LogP contribution is -2.46. The number of hydrogen-bond acceptors (Lipinski definition) is 6. The van der Waals surface area contributed by atoms with Crippen molar-refractivity contribution in [2.24, 2.45) is 17.6 Å². The molecule has 1 aromatic carbocycles. The van der Waals surface area contributed by atoms with Gasteiger partial charge in [-0.05, 0) is 54.7 Å². The average molecular weight is 457 g/mol. The second-order valence-corrected chi connectivity index (χ2v) is 10.2. The van der Waals surface area contributed by atoms with E-state index in [0.717, 1.165) is 31.5 Å². The van der Waals surface area contributed by atoms with E-state index in [9.17, 15) is 18.0 Å². The van der Waals surface area contributed by atoms with E-state index < -0.39 is 15.9 Å². The fraction of sp³-hybridized carbons (Fsp3) is 0.435. The van der Waals surface area contributed by atoms with Gasteiger partial charge in [0.1, 0.15) is 6.04 Å². The summed E-state index contributed by atoms with van der Waals surface area (Å²) >= 11 is 0. The van der Waals surface area contributed by atoms with Gasteiger partial charge in [-0.3, -0.25) is 9.59 Å². The van der Waals surface area contributed by atoms with Crippen LogP contribution in [0.1, 0.15) is 48.9 Å². The lowest BCUT2D eigenvalue weighted by molar-refractivity contribution is -0.120. The minimum atomic E-state index is -4.06. The molecule has 2 amide bonds. The summed E-state index contributed by atoms with van der Waals surface area (Å²) in [5.74, 6) is -0.288. The van der Waals surface area contributed by atoms with Gasteiger partial charge in [-0.25, -0.2) is 9.71 Å². The van der Waals surface area contributed by atoms with Crippen LogP contribution < -0.4 is 15.4 Å². The highest BCUT2D eigenvalue weighted by atomic mass is 32.2. The molecule has 1 aliphatic heterocycles. The number of pyridine rings is 1. The van der Waals surface area contributed by atoms with Crippen LogP contribution in [0.3, 0.4) is 0 Å². The molecule has 1 aliphatic carbocycles. The topological polar surface area (TPSA) is 122 Å². The number of sulfonamides is 1. The summed E-state index contributed by atoms with van der Waals surface area (Å²) in [5.41, 5.74) is 6.81. The molecule has 1 saturated heterocycles. The van der Waals surface area contributed by atoms with Crippen LogP contribution in [0, 0.1) is 11.8 Å². The van der Waals surface area contributed by atoms with Crippen molar-refractivity contribution in [2.75, 3.05) is 11.4 Å². The number of primary amides is 1. The molecule has 0 spiro atoms. The predicted molar refractivity (Wildman–Crippen MR) is 120 cm³/mol. The Morgan fingerprint density at radius 2 is 1.72 bits per heavy atom. The van der Waals surface area contributed by atoms with E-state index in [0.29, 0.717) is 5.92 Å². The molecule has 2 heterocycles. The number of hydrogen-bond donors (Lipinski definition) is 2. The first-order chi connectivity index (χ1) is 15.4. The maximum atomic E-state index is 12.5. The Kier molecular flexibility index (Phi) is 6.45. The molecule has 2 atom stereocenters. The third-order valence-corrected chi connectivity index (χ3v) is 7.84. The summed E-state index contributed by atoms with van der Waals surface area (Å²) in [6, 6.07) is 10.7. The largest absolute Gasteiger partial charge is 0.368 e. The summed E-state index contributed by atoms with van der Waals surface area (Å²) in [6.07, 6.45) is 8.23. The highest BCUT2D eigenvalue weighted by Gasteiger charge is 2.42. The van der Waals surface area contributed by atoms with Crippen LogP contribution in [0.5, 0.6) is 0 Å². The number of nitrogens with zero attached hydrogens (tertiary/aromatic N) is 2. The average Bonchev–Trinajstić information content (AvgIpc) is 3.26. The van der Waals surface area contributed by atoms with Crippen molar-refractivity contribution in [3.05, 3.63) is 54.2 Å². The predicted octanol–water partition coefficient (Wildman–Crippen LogP) is 2.46. The second-order valence-electron chi connectivity index (χ2n) is 8.54. The maximum Gasteiger partial charge on any atom is 0.281 e. The van der Waals surface area contributed by atoms with Gasteiger partial charge in [0.25, 0.3) is 15.9 Å². The Balaban J connectivity index is 1.48. The van der Waals surface area contributed by atoms with Crippen LogP contribution in [0.15, 0.2) is 53.7 Å². The summed E-state index contributed by atoms with van der Waals surface area (Å²) < 4.78 is 26.7. The number of carbonyl (C=O) groups excluding carboxylic acids is 2. The van der Waals surface area contributed by atoms with E-state index >= 15 is 0 Å². The first-order valence-electron chi connectivity index (χ1n) is 11.0. The van der Waals surface area contributed by atoms with E-state index in [4.69, 9.17) is 5.73 Å². The van der Waals surface area contributed by atoms with Crippen molar-refractivity contribution in [3.8, 4) is 0 Å². The van der Waals surface area contributed by atoms with Crippen molar-refractivity contribution in [3.63, 3.8) is 0 Å². The summed E-state index contributed by atoms with van der Waals surface area (Å²) in [4.78, 5) is 30.6. The van der Waals surface area contributed by atoms with Crippen LogP contribution >= 0.6 is 0 Å². The molecular weight excluding hydrogens is 428 g/mol. The van der Waals surface area contributed by atoms with Gasteiger partial charge >= 0.3 is 0 Å². The molecule has 170 valence electrons. The number of nitrogens with one attached hydrogen (secondary N) is 1. The quantitative estimate of drug-likeness (QED) is 0.688. The monoisotopic (exact) mass is 456 g/mol. The Morgan fingerprint density at radius 3 is 2.34 bits per heavy atom. The Bertz CT molecular complexity index is 1070. The Morgan fingerprint density at radius 1 is 1.00 bits per heavy atom. The number of rotatable bonds is 6. The third kappa shape index (κ3) is 4.62. The van der Waals surface area contributed by atoms with Crippen molar-refractivity contribution in [2.45, 2.75) is 49.6 Å². The van der Waals surface area contributed by atoms with Crippen molar-refractivity contribution < 1.29 is 18.0 Å². The van der Waals surface area contributed by atoms with E-state index in [-0.39, 0.29) is 28.5 Å². The van der Waals surface area contributed by atoms with Gasteiger partial charge in [-0.2, -0.15) is 8.42 Å². The van der Waals surface area contributed by atoms with Gasteiger partial charge < -0.3 is 10.6 Å². The molecule has 8 nitrogen and oxygen atoms in total. The normalized spacial score (nSPS) is 21.9. The van der Waals surface area contributed by atoms with Gasteiger partial charge in [0, 0.05) is 24.0 Å². The zero-order chi connectivity index (χ0) is 22.7. The number of anilines is 1. The number of carbonyl (C=O) groups is 2. The van der Waals surface area contributed by atoms with Crippen molar-refractivity contribution >= 4 is 27.5 Å². The standard InChI is InChI=1S/C23H28N4O4S/c24-22(28)21-19(16-6-2-1-3-7-16)13-15-27(21)18-11-9-17(10-12-18)23(29)26-32(30,31)20-8-4-5-14-25-20/h4-5,8-12,14,16,19,21H,1-3,6-7,13,15H2,(H2,24,28)(H,26,29)/t19-,21-/m0/s1. The molecule has 0 bridgehead atoms. The molecule has 0 unspecified atom stereocenters. The van der Waals surface area contributed by atoms with Gasteiger partial charge in [-0.15, -0.1) is 0 Å². The lowest BCUT2D eigenvalue weighted by Gasteiger charge is -2.33. The maximum absolute atomic E-state index is 12.5. The summed E-state index contributed by atoms with van der Waals surface area (Å²) in [6.45, 7) is 0.731. The molecule has 2 aliphatic rings. The molecule has 3 N–H and O–H groups in total. The molecule has 2 aromatic rings. The second kappa shape index (κ2) is 9.28. The van der Waals surface area contributed by atoms with Crippen LogP contribution in [0.2, 0.25) is 0 Å². The fourth-order valence-corrected chi connectivity index (χ4v) is 5.99. The lowest BCUT2D eigenvalue weighted by atomic mass is 9.76. The number of nitrogens with two attached hydrogens (primary N) is 1. The van der Waals surface area contributed by atoms with E-state index in [2.05, 4.69) is 4.98 Å². The minimum Gasteiger partial charge on any atom is -0.368 e. The number of amides is 2. The molecule has 32 heavy (non-hydrogen) atoms. The van der Waals surface area contributed by atoms with Gasteiger partial charge in [0.05, 0.1) is 0 Å². The zero-order valence-corrected chi connectivity index (χ0v) is 18.6. The Labute approximate surface area is 188 Å². The highest BCUT2D eigenvalue weighted by Crippen LogP contribution is 2.40. The van der Waals surface area contributed by atoms with Gasteiger partial charge in [-0.1, -0.05) is 38.2 Å². The number of benzene rings is 1. The molecule has 4 rings (SSSR count). The van der Waals surface area contributed by atoms with Crippen molar-refractivity contribution in [1.29, 1.82) is 0 Å². The van der Waals surface area contributed by atoms with Crippen molar-refractivity contribution in [1.82, 2.24) is 9.71 Å². The first-order valence-corrected chi connectivity index (χ1v) is 12.5. The van der Waals surface area contributed by atoms with Crippen LogP contribution in [0.25, 0.3) is 0 Å². The molecule has 1 saturated carbocycles. The van der Waals surface area contributed by atoms with Crippen LogP contribution in [-0.4, -0.2) is 37.8 Å². The highest BCUT2D eigenvalue weighted by molar-refractivity contribution is 7.90. The fourth-order valence-electron chi connectivity index (χ4n) is 5.07. The molecule has 2 fully saturated rings. The molecular formula is C23H28N4O4S. The van der Waals surface area contributed by atoms with E-state index in [1.807, 2.05) is 9.62 Å².